The third-order valence-corrected chi connectivity index (χ3v) is 3.43. The van der Waals surface area contributed by atoms with Crippen molar-refractivity contribution in [2.24, 2.45) is 5.10 Å². The second-order valence-electron chi connectivity index (χ2n) is 4.60. The van der Waals surface area contributed by atoms with Gasteiger partial charge in [-0.3, -0.25) is 14.6 Å². The molecule has 0 aliphatic carbocycles. The van der Waals surface area contributed by atoms with E-state index in [1.807, 2.05) is 6.07 Å². The Bertz CT molecular complexity index is 750. The molecule has 0 saturated carbocycles. The summed E-state index contributed by atoms with van der Waals surface area (Å²) in [5.41, 5.74) is 3.47. The van der Waals surface area contributed by atoms with Gasteiger partial charge < -0.3 is 10.1 Å². The smallest absolute Gasteiger partial charge is 0.259 e. The Morgan fingerprint density at radius 3 is 2.75 bits per heavy atom. The zero-order valence-corrected chi connectivity index (χ0v) is 14.4. The molecule has 0 radical (unpaired) electrons. The Balaban J connectivity index is 1.85. The Morgan fingerprint density at radius 1 is 1.29 bits per heavy atom. The molecule has 2 rings (SSSR count). The van der Waals surface area contributed by atoms with E-state index in [1.165, 1.54) is 18.6 Å². The van der Waals surface area contributed by atoms with Gasteiger partial charge in [0.1, 0.15) is 5.75 Å². The van der Waals surface area contributed by atoms with Crippen LogP contribution in [0.25, 0.3) is 0 Å². The van der Waals surface area contributed by atoms with E-state index in [0.29, 0.717) is 16.9 Å². The number of pyridine rings is 1. The van der Waals surface area contributed by atoms with Gasteiger partial charge in [-0.2, -0.15) is 5.10 Å². The van der Waals surface area contributed by atoms with Gasteiger partial charge in [0.2, 0.25) is 0 Å². The fourth-order valence-corrected chi connectivity index (χ4v) is 2.16. The lowest BCUT2D eigenvalue weighted by Crippen LogP contribution is -2.34. The van der Waals surface area contributed by atoms with Gasteiger partial charge in [0.15, 0.2) is 0 Å². The van der Waals surface area contributed by atoms with Gasteiger partial charge in [-0.25, -0.2) is 5.43 Å². The Kier molecular flexibility index (Phi) is 6.44. The normalized spacial score (nSPS) is 10.4. The van der Waals surface area contributed by atoms with Gasteiger partial charge in [0.25, 0.3) is 11.8 Å². The van der Waals surface area contributed by atoms with E-state index in [4.69, 9.17) is 4.74 Å². The highest BCUT2D eigenvalue weighted by atomic mass is 79.9. The summed E-state index contributed by atoms with van der Waals surface area (Å²) in [7, 11) is 1.55. The highest BCUT2D eigenvalue weighted by Gasteiger charge is 2.07. The molecule has 1 heterocycles. The van der Waals surface area contributed by atoms with Crippen LogP contribution in [0.2, 0.25) is 0 Å². The second kappa shape index (κ2) is 8.78. The zero-order chi connectivity index (χ0) is 17.4. The number of nitrogens with zero attached hydrogens (tertiary/aromatic N) is 2. The van der Waals surface area contributed by atoms with Crippen LogP contribution >= 0.6 is 15.9 Å². The molecule has 0 atom stereocenters. The standard InChI is InChI=1S/C16H15BrN4O3/c1-24-14-3-2-13(17)8-12(14)9-20-21-15(22)10-19-16(23)11-4-6-18-7-5-11/h2-9H,10H2,1H3,(H,19,23)(H,21,22)/b20-9+. The lowest BCUT2D eigenvalue weighted by Gasteiger charge is -2.05. The van der Waals surface area contributed by atoms with E-state index in [0.717, 1.165) is 4.47 Å². The number of nitrogens with one attached hydrogen (secondary N) is 2. The highest BCUT2D eigenvalue weighted by Crippen LogP contribution is 2.21. The number of benzene rings is 1. The number of carbonyl (C=O) groups excluding carboxylic acids is 2. The number of carbonyl (C=O) groups is 2. The van der Waals surface area contributed by atoms with Crippen LogP contribution in [0.1, 0.15) is 15.9 Å². The molecule has 0 aliphatic rings. The van der Waals surface area contributed by atoms with Crippen LogP contribution < -0.4 is 15.5 Å². The molecule has 2 aromatic rings. The molecule has 0 bridgehead atoms. The first-order valence-corrected chi connectivity index (χ1v) is 7.73. The number of rotatable bonds is 6. The fourth-order valence-electron chi connectivity index (χ4n) is 1.79. The van der Waals surface area contributed by atoms with E-state index in [9.17, 15) is 9.59 Å². The summed E-state index contributed by atoms with van der Waals surface area (Å²) in [5.74, 6) is -0.171. The van der Waals surface area contributed by atoms with Crippen LogP contribution in [0.15, 0.2) is 52.3 Å². The molecule has 124 valence electrons. The molecule has 24 heavy (non-hydrogen) atoms. The van der Waals surface area contributed by atoms with Crippen molar-refractivity contribution in [2.75, 3.05) is 13.7 Å². The number of hydrazone groups is 1. The summed E-state index contributed by atoms with van der Waals surface area (Å²) in [6.45, 7) is -0.186. The lowest BCUT2D eigenvalue weighted by molar-refractivity contribution is -0.120. The van der Waals surface area contributed by atoms with Crippen molar-refractivity contribution in [2.45, 2.75) is 0 Å². The maximum atomic E-state index is 11.8. The second-order valence-corrected chi connectivity index (χ2v) is 5.51. The summed E-state index contributed by atoms with van der Waals surface area (Å²) < 4.78 is 6.06. The molecule has 1 aromatic heterocycles. The van der Waals surface area contributed by atoms with Crippen LogP contribution in [0, 0.1) is 0 Å². The van der Waals surface area contributed by atoms with Gasteiger partial charge in [0, 0.05) is 28.0 Å². The number of ether oxygens (including phenoxy) is 1. The molecule has 0 spiro atoms. The molecule has 2 N–H and O–H groups in total. The number of aromatic nitrogens is 1. The number of halogens is 1. The third-order valence-electron chi connectivity index (χ3n) is 2.94. The minimum absolute atomic E-state index is 0.186. The van der Waals surface area contributed by atoms with Gasteiger partial charge in [-0.05, 0) is 30.3 Å². The number of hydrogen-bond donors (Lipinski definition) is 2. The van der Waals surface area contributed by atoms with Gasteiger partial charge >= 0.3 is 0 Å². The lowest BCUT2D eigenvalue weighted by atomic mass is 10.2. The molecule has 2 amide bonds. The molecule has 0 fully saturated rings. The van der Waals surface area contributed by atoms with Gasteiger partial charge in [-0.15, -0.1) is 0 Å². The van der Waals surface area contributed by atoms with E-state index in [2.05, 4.69) is 36.8 Å². The minimum Gasteiger partial charge on any atom is -0.496 e. The summed E-state index contributed by atoms with van der Waals surface area (Å²) in [5, 5.41) is 6.35. The molecule has 0 saturated heterocycles. The van der Waals surface area contributed by atoms with Crippen LogP contribution in [-0.4, -0.2) is 36.7 Å². The van der Waals surface area contributed by atoms with Crippen LogP contribution in [-0.2, 0) is 4.79 Å². The average molecular weight is 391 g/mol. The van der Waals surface area contributed by atoms with Crippen molar-refractivity contribution in [1.29, 1.82) is 0 Å². The van der Waals surface area contributed by atoms with Crippen LogP contribution in [0.5, 0.6) is 5.75 Å². The van der Waals surface area contributed by atoms with E-state index in [-0.39, 0.29) is 12.5 Å². The fraction of sp³-hybridized carbons (Fsp3) is 0.125. The van der Waals surface area contributed by atoms with Crippen molar-refractivity contribution in [3.05, 3.63) is 58.3 Å². The van der Waals surface area contributed by atoms with Crippen LogP contribution in [0.3, 0.4) is 0 Å². The first kappa shape index (κ1) is 17.6. The summed E-state index contributed by atoms with van der Waals surface area (Å²) in [6.07, 6.45) is 4.47. The summed E-state index contributed by atoms with van der Waals surface area (Å²) in [6, 6.07) is 8.54. The Morgan fingerprint density at radius 2 is 2.04 bits per heavy atom. The largest absolute Gasteiger partial charge is 0.496 e. The van der Waals surface area contributed by atoms with E-state index < -0.39 is 5.91 Å². The third kappa shape index (κ3) is 5.17. The topological polar surface area (TPSA) is 92.7 Å². The predicted octanol–water partition coefficient (Wildman–Crippen LogP) is 1.73. The first-order chi connectivity index (χ1) is 11.6. The Labute approximate surface area is 147 Å². The minimum atomic E-state index is -0.442. The maximum Gasteiger partial charge on any atom is 0.259 e. The molecule has 1 aromatic carbocycles. The van der Waals surface area contributed by atoms with Gasteiger partial charge in [0.05, 0.1) is 19.9 Å². The molecule has 7 nitrogen and oxygen atoms in total. The predicted molar refractivity (Wildman–Crippen MR) is 93.0 cm³/mol. The Hall–Kier alpha value is -2.74. The van der Waals surface area contributed by atoms with E-state index in [1.54, 1.807) is 31.4 Å². The monoisotopic (exact) mass is 390 g/mol. The van der Waals surface area contributed by atoms with Crippen molar-refractivity contribution in [3.8, 4) is 5.75 Å². The molecule has 0 aliphatic heterocycles. The molecular weight excluding hydrogens is 376 g/mol. The summed E-state index contributed by atoms with van der Waals surface area (Å²) in [4.78, 5) is 27.3. The SMILES string of the molecule is COc1ccc(Br)cc1/C=N/NC(=O)CNC(=O)c1ccncc1. The van der Waals surface area contributed by atoms with Crippen LogP contribution in [0.4, 0.5) is 0 Å². The van der Waals surface area contributed by atoms with Crippen molar-refractivity contribution in [3.63, 3.8) is 0 Å². The van der Waals surface area contributed by atoms with Crippen molar-refractivity contribution in [1.82, 2.24) is 15.7 Å². The van der Waals surface area contributed by atoms with Gasteiger partial charge in [-0.1, -0.05) is 15.9 Å². The zero-order valence-electron chi connectivity index (χ0n) is 12.8. The quantitative estimate of drug-likeness (QED) is 0.580. The number of amides is 2. The first-order valence-electron chi connectivity index (χ1n) is 6.94. The van der Waals surface area contributed by atoms with E-state index >= 15 is 0 Å². The number of hydrogen-bond acceptors (Lipinski definition) is 5. The maximum absolute atomic E-state index is 11.8. The van der Waals surface area contributed by atoms with Crippen molar-refractivity contribution >= 4 is 34.0 Å². The molecular formula is C16H15BrN4O3. The summed E-state index contributed by atoms with van der Waals surface area (Å²) >= 11 is 3.35. The average Bonchev–Trinajstić information content (AvgIpc) is 2.60. The molecule has 8 heteroatoms. The number of methoxy groups -OCH3 is 1. The highest BCUT2D eigenvalue weighted by molar-refractivity contribution is 9.10. The van der Waals surface area contributed by atoms with Crippen molar-refractivity contribution < 1.29 is 14.3 Å². The molecule has 0 unspecified atom stereocenters.